The molecule has 15 heavy (non-hydrogen) atoms. The van der Waals surface area contributed by atoms with Gasteiger partial charge < -0.3 is 15.6 Å². The van der Waals surface area contributed by atoms with Gasteiger partial charge in [-0.15, -0.1) is 0 Å². The topological polar surface area (TPSA) is 96.3 Å². The molecule has 0 saturated heterocycles. The number of carbonyl (C=O) groups is 1. The summed E-state index contributed by atoms with van der Waals surface area (Å²) < 4.78 is 4.52. The van der Waals surface area contributed by atoms with Crippen molar-refractivity contribution in [3.05, 3.63) is 28.8 Å². The Balaban J connectivity index is 3.49. The first kappa shape index (κ1) is 11.0. The third-order valence-electron chi connectivity index (χ3n) is 1.99. The number of methoxy groups -OCH3 is 1. The third kappa shape index (κ3) is 1.90. The fraction of sp³-hybridized carbons (Fsp3) is 0.200. The number of rotatable bonds is 2. The average Bonchev–Trinajstić information content (AvgIpc) is 2.27. The maximum Gasteiger partial charge on any atom is 0.339 e. The minimum atomic E-state index is -0.678. The van der Waals surface area contributed by atoms with Crippen molar-refractivity contribution < 1.29 is 14.6 Å². The molecule has 0 spiro atoms. The molecular formula is C10H10N2O3. The van der Waals surface area contributed by atoms with Gasteiger partial charge in [-0.25, -0.2) is 4.79 Å². The molecule has 0 aliphatic heterocycles. The minimum Gasteiger partial charge on any atom is -0.507 e. The van der Waals surface area contributed by atoms with E-state index in [-0.39, 0.29) is 23.4 Å². The van der Waals surface area contributed by atoms with Crippen LogP contribution in [0.1, 0.15) is 21.5 Å². The second kappa shape index (κ2) is 4.44. The molecule has 5 heteroatoms. The molecule has 1 aromatic rings. The summed E-state index contributed by atoms with van der Waals surface area (Å²) in [7, 11) is 1.20. The molecule has 0 unspecified atom stereocenters. The first-order valence-electron chi connectivity index (χ1n) is 4.19. The van der Waals surface area contributed by atoms with E-state index in [0.717, 1.165) is 0 Å². The van der Waals surface area contributed by atoms with Crippen molar-refractivity contribution in [1.82, 2.24) is 0 Å². The van der Waals surface area contributed by atoms with Gasteiger partial charge in [0, 0.05) is 6.54 Å². The minimum absolute atomic E-state index is 0.0301. The molecule has 0 saturated carbocycles. The number of aromatic hydroxyl groups is 1. The number of phenolic OH excluding ortho intramolecular Hbond substituents is 1. The van der Waals surface area contributed by atoms with Crippen LogP contribution in [0.2, 0.25) is 0 Å². The van der Waals surface area contributed by atoms with Crippen molar-refractivity contribution in [2.45, 2.75) is 6.54 Å². The van der Waals surface area contributed by atoms with E-state index in [4.69, 9.17) is 11.0 Å². The van der Waals surface area contributed by atoms with Crippen LogP contribution < -0.4 is 5.73 Å². The number of hydrogen-bond donors (Lipinski definition) is 2. The zero-order valence-corrected chi connectivity index (χ0v) is 8.15. The highest BCUT2D eigenvalue weighted by Gasteiger charge is 2.19. The first-order chi connectivity index (χ1) is 7.15. The van der Waals surface area contributed by atoms with Gasteiger partial charge in [0.05, 0.1) is 12.7 Å². The van der Waals surface area contributed by atoms with Crippen LogP contribution in [0.3, 0.4) is 0 Å². The summed E-state index contributed by atoms with van der Waals surface area (Å²) in [6.45, 7) is 0.0966. The Morgan fingerprint density at radius 1 is 1.67 bits per heavy atom. The Morgan fingerprint density at radius 3 is 2.80 bits per heavy atom. The average molecular weight is 206 g/mol. The van der Waals surface area contributed by atoms with Gasteiger partial charge in [-0.1, -0.05) is 6.07 Å². The Hall–Kier alpha value is -2.06. The summed E-state index contributed by atoms with van der Waals surface area (Å²) in [6.07, 6.45) is 0. The Kier molecular flexibility index (Phi) is 3.26. The fourth-order valence-electron chi connectivity index (χ4n) is 1.25. The van der Waals surface area contributed by atoms with Gasteiger partial charge in [0.2, 0.25) is 0 Å². The summed E-state index contributed by atoms with van der Waals surface area (Å²) >= 11 is 0. The van der Waals surface area contributed by atoms with Crippen LogP contribution in [0.4, 0.5) is 0 Å². The highest BCUT2D eigenvalue weighted by Crippen LogP contribution is 2.24. The smallest absolute Gasteiger partial charge is 0.339 e. The van der Waals surface area contributed by atoms with E-state index >= 15 is 0 Å². The number of hydrogen-bond acceptors (Lipinski definition) is 5. The molecule has 0 aliphatic carbocycles. The lowest BCUT2D eigenvalue weighted by molar-refractivity contribution is 0.0598. The third-order valence-corrected chi connectivity index (χ3v) is 1.99. The van der Waals surface area contributed by atoms with Gasteiger partial charge in [-0.05, 0) is 11.6 Å². The number of nitriles is 1. The normalized spacial score (nSPS) is 9.40. The molecule has 0 heterocycles. The maximum atomic E-state index is 11.4. The Bertz CT molecular complexity index is 435. The molecule has 0 amide bonds. The Morgan fingerprint density at radius 2 is 2.33 bits per heavy atom. The molecule has 5 nitrogen and oxygen atoms in total. The monoisotopic (exact) mass is 206 g/mol. The van der Waals surface area contributed by atoms with E-state index in [1.54, 1.807) is 6.07 Å². The molecule has 0 aromatic heterocycles. The lowest BCUT2D eigenvalue weighted by Gasteiger charge is -2.08. The molecule has 78 valence electrons. The largest absolute Gasteiger partial charge is 0.507 e. The number of phenols is 1. The first-order valence-corrected chi connectivity index (χ1v) is 4.19. The predicted molar refractivity (Wildman–Crippen MR) is 52.1 cm³/mol. The quantitative estimate of drug-likeness (QED) is 0.687. The van der Waals surface area contributed by atoms with Gasteiger partial charge in [-0.2, -0.15) is 5.26 Å². The molecule has 3 N–H and O–H groups in total. The number of nitrogens with two attached hydrogens (primary N) is 1. The van der Waals surface area contributed by atoms with Crippen LogP contribution in [0.15, 0.2) is 12.1 Å². The zero-order valence-electron chi connectivity index (χ0n) is 8.15. The van der Waals surface area contributed by atoms with E-state index in [1.165, 1.54) is 19.2 Å². The number of ether oxygens (including phenoxy) is 1. The van der Waals surface area contributed by atoms with Gasteiger partial charge in [0.25, 0.3) is 0 Å². The van der Waals surface area contributed by atoms with Crippen molar-refractivity contribution in [3.63, 3.8) is 0 Å². The summed E-state index contributed by atoms with van der Waals surface area (Å²) in [5.74, 6) is -0.932. The molecule has 0 radical (unpaired) electrons. The van der Waals surface area contributed by atoms with Crippen LogP contribution in [0.25, 0.3) is 0 Å². The molecule has 0 bridgehead atoms. The van der Waals surface area contributed by atoms with Crippen molar-refractivity contribution in [1.29, 1.82) is 5.26 Å². The van der Waals surface area contributed by atoms with E-state index in [0.29, 0.717) is 5.56 Å². The van der Waals surface area contributed by atoms with Gasteiger partial charge >= 0.3 is 5.97 Å². The SMILES string of the molecule is COC(=O)c1c(CN)ccc(O)c1C#N. The molecule has 0 fully saturated rings. The van der Waals surface area contributed by atoms with E-state index in [1.807, 2.05) is 0 Å². The van der Waals surface area contributed by atoms with Gasteiger partial charge in [0.1, 0.15) is 17.4 Å². The van der Waals surface area contributed by atoms with Crippen LogP contribution in [0, 0.1) is 11.3 Å². The molecule has 1 rings (SSSR count). The molecular weight excluding hydrogens is 196 g/mol. The number of carbonyl (C=O) groups excluding carboxylic acids is 1. The van der Waals surface area contributed by atoms with Gasteiger partial charge in [0.15, 0.2) is 0 Å². The van der Waals surface area contributed by atoms with Crippen LogP contribution in [0.5, 0.6) is 5.75 Å². The standard InChI is InChI=1S/C10H10N2O3/c1-15-10(14)9-6(4-11)2-3-8(13)7(9)5-12/h2-3,13H,4,11H2,1H3. The number of esters is 1. The second-order valence-electron chi connectivity index (χ2n) is 2.80. The van der Waals surface area contributed by atoms with Crippen LogP contribution in [-0.4, -0.2) is 18.2 Å². The predicted octanol–water partition coefficient (Wildman–Crippen LogP) is 0.509. The van der Waals surface area contributed by atoms with E-state index in [9.17, 15) is 9.90 Å². The van der Waals surface area contributed by atoms with E-state index < -0.39 is 5.97 Å². The maximum absolute atomic E-state index is 11.4. The molecule has 0 aliphatic rings. The van der Waals surface area contributed by atoms with E-state index in [2.05, 4.69) is 4.74 Å². The number of nitrogens with zero attached hydrogens (tertiary/aromatic N) is 1. The highest BCUT2D eigenvalue weighted by molar-refractivity contribution is 5.94. The van der Waals surface area contributed by atoms with Crippen molar-refractivity contribution in [2.75, 3.05) is 7.11 Å². The second-order valence-corrected chi connectivity index (χ2v) is 2.80. The lowest BCUT2D eigenvalue weighted by atomic mass is 10.0. The zero-order chi connectivity index (χ0) is 11.4. The van der Waals surface area contributed by atoms with Crippen molar-refractivity contribution in [2.24, 2.45) is 5.73 Å². The summed E-state index contributed by atoms with van der Waals surface area (Å²) in [5.41, 5.74) is 5.81. The van der Waals surface area contributed by atoms with Crippen molar-refractivity contribution in [3.8, 4) is 11.8 Å². The van der Waals surface area contributed by atoms with Gasteiger partial charge in [-0.3, -0.25) is 0 Å². The summed E-state index contributed by atoms with van der Waals surface area (Å²) in [4.78, 5) is 11.4. The molecule has 1 aromatic carbocycles. The fourth-order valence-corrected chi connectivity index (χ4v) is 1.25. The van der Waals surface area contributed by atoms with Crippen LogP contribution >= 0.6 is 0 Å². The number of benzene rings is 1. The lowest BCUT2D eigenvalue weighted by Crippen LogP contribution is -2.11. The Labute approximate surface area is 86.7 Å². The summed E-state index contributed by atoms with van der Waals surface area (Å²) in [6, 6.07) is 4.56. The highest BCUT2D eigenvalue weighted by atomic mass is 16.5. The van der Waals surface area contributed by atoms with Crippen LogP contribution in [-0.2, 0) is 11.3 Å². The van der Waals surface area contributed by atoms with Crippen molar-refractivity contribution >= 4 is 5.97 Å². The molecule has 0 atom stereocenters. The summed E-state index contributed by atoms with van der Waals surface area (Å²) in [5, 5.41) is 18.2.